The predicted octanol–water partition coefficient (Wildman–Crippen LogP) is 5.80. The van der Waals surface area contributed by atoms with Crippen LogP contribution in [0.15, 0.2) is 47.3 Å². The fraction of sp³-hybridized carbons (Fsp3) is 0.154. The molecule has 42 heavy (non-hydrogen) atoms. The molecular weight excluding hydrogens is 852 g/mol. The Morgan fingerprint density at radius 3 is 2.40 bits per heavy atom. The molecule has 2 amide bonds. The SMILES string of the molecule is Cn1c(=O)n(C[C-](F)F)c2cc(NC(=O)c3cc(F)cc(C(F)(F)F)c3)c3c(c21)C(=O)NC3c1cc(F)ccc1Cl.[Rf]. The van der Waals surface area contributed by atoms with Crippen LogP contribution in [0.3, 0.4) is 0 Å². The van der Waals surface area contributed by atoms with Gasteiger partial charge in [0.15, 0.2) is 0 Å². The fourth-order valence-corrected chi connectivity index (χ4v) is 5.05. The number of hydrogen-bond acceptors (Lipinski definition) is 3. The number of nitrogens with zero attached hydrogens (tertiary/aromatic N) is 2. The van der Waals surface area contributed by atoms with Crippen LogP contribution in [0.4, 0.5) is 36.4 Å². The molecule has 1 atom stereocenters. The standard InChI is InChI=1S/C26H15ClF7N4O3.Rf/c1-37-22-17(38(25(37)41)9-18(30)31)8-16(35-23(39)10-4-11(26(32,33)34)6-13(29)5-10)19-20(22)24(40)36-21(19)14-7-12(28)2-3-15(14)27;/h2-8,21H,9H2,1H3,(H,35,39)(H,36,40);/q-1;. The molecule has 2 N–H and O–H groups in total. The Morgan fingerprint density at radius 2 is 1.76 bits per heavy atom. The van der Waals surface area contributed by atoms with Crippen molar-refractivity contribution in [1.82, 2.24) is 14.5 Å². The Bertz CT molecular complexity index is 1820. The van der Waals surface area contributed by atoms with Crippen LogP contribution in [-0.4, -0.2) is 20.9 Å². The number of rotatable bonds is 5. The van der Waals surface area contributed by atoms with E-state index in [1.54, 1.807) is 0 Å². The number of nitrogens with one attached hydrogen (secondary N) is 2. The van der Waals surface area contributed by atoms with E-state index in [0.717, 1.165) is 22.8 Å². The van der Waals surface area contributed by atoms with Gasteiger partial charge in [-0.05, 0) is 49.0 Å². The molecule has 0 saturated heterocycles. The number of fused-ring (bicyclic) bond motifs is 3. The van der Waals surface area contributed by atoms with E-state index < -0.39 is 65.5 Å². The van der Waals surface area contributed by atoms with Gasteiger partial charge in [0, 0.05) is 40.9 Å². The summed E-state index contributed by atoms with van der Waals surface area (Å²) in [7, 11) is 1.22. The topological polar surface area (TPSA) is 85.1 Å². The number of benzene rings is 3. The number of carbonyl (C=O) groups is 2. The Balaban J connectivity index is 0.00000405. The van der Waals surface area contributed by atoms with Gasteiger partial charge >= 0.3 is 11.9 Å². The zero-order valence-electron chi connectivity index (χ0n) is 21.2. The summed E-state index contributed by atoms with van der Waals surface area (Å²) in [6, 6.07) is 4.19. The van der Waals surface area contributed by atoms with E-state index in [1.165, 1.54) is 13.1 Å². The van der Waals surface area contributed by atoms with E-state index in [4.69, 9.17) is 11.6 Å². The van der Waals surface area contributed by atoms with Gasteiger partial charge < -0.3 is 24.0 Å². The summed E-state index contributed by atoms with van der Waals surface area (Å²) in [4.78, 5) is 39.2. The van der Waals surface area contributed by atoms with Crippen molar-refractivity contribution in [3.05, 3.63) is 104 Å². The van der Waals surface area contributed by atoms with E-state index in [9.17, 15) is 45.1 Å². The minimum absolute atomic E-state index is 0. The monoisotopic (exact) mass is 866 g/mol. The number of aryl methyl sites for hydroxylation is 1. The third-order valence-electron chi connectivity index (χ3n) is 6.54. The van der Waals surface area contributed by atoms with Gasteiger partial charge in [-0.3, -0.25) is 14.2 Å². The van der Waals surface area contributed by atoms with Crippen LogP contribution in [0.1, 0.15) is 43.4 Å². The number of aromatic nitrogens is 2. The molecular formula is C26H15ClF7N4O3Rf-. The smallest absolute Gasteiger partial charge is 0.416 e. The van der Waals surface area contributed by atoms with E-state index >= 15 is 0 Å². The molecule has 0 bridgehead atoms. The molecule has 0 aliphatic carbocycles. The molecule has 0 spiro atoms. The van der Waals surface area contributed by atoms with Crippen LogP contribution in [0.5, 0.6) is 0 Å². The van der Waals surface area contributed by atoms with E-state index in [1.807, 2.05) is 0 Å². The molecule has 3 aromatic carbocycles. The van der Waals surface area contributed by atoms with Crippen molar-refractivity contribution in [3.8, 4) is 0 Å². The van der Waals surface area contributed by atoms with Gasteiger partial charge in [0.25, 0.3) is 11.8 Å². The van der Waals surface area contributed by atoms with Crippen molar-refractivity contribution in [2.45, 2.75) is 18.8 Å². The van der Waals surface area contributed by atoms with Crippen LogP contribution >= 0.6 is 11.6 Å². The quantitative estimate of drug-likeness (QED) is 0.197. The summed E-state index contributed by atoms with van der Waals surface area (Å²) in [5.74, 6) is -4.20. The van der Waals surface area contributed by atoms with Crippen molar-refractivity contribution < 1.29 is 40.3 Å². The number of hydrogen-bond donors (Lipinski definition) is 2. The Kier molecular flexibility index (Phi) is 7.24. The van der Waals surface area contributed by atoms with Gasteiger partial charge in [-0.1, -0.05) is 11.6 Å². The van der Waals surface area contributed by atoms with Gasteiger partial charge in [-0.25, -0.2) is 13.6 Å². The number of carbonyl (C=O) groups excluding carboxylic acids is 2. The maximum absolute atomic E-state index is 14.2. The molecule has 2 heterocycles. The molecule has 216 valence electrons. The summed E-state index contributed by atoms with van der Waals surface area (Å²) in [6.07, 6.45) is -7.14. The largest absolute Gasteiger partial charge is 0.419 e. The van der Waals surface area contributed by atoms with Crippen LogP contribution in [0.2, 0.25) is 5.02 Å². The van der Waals surface area contributed by atoms with Gasteiger partial charge in [-0.2, -0.15) is 13.2 Å². The van der Waals surface area contributed by atoms with Crippen LogP contribution in [-0.2, 0) is 19.8 Å². The van der Waals surface area contributed by atoms with Crippen LogP contribution < -0.4 is 16.3 Å². The first-order valence-corrected chi connectivity index (χ1v) is 11.9. The normalized spacial score (nSPS) is 14.6. The summed E-state index contributed by atoms with van der Waals surface area (Å²) < 4.78 is 96.1. The summed E-state index contributed by atoms with van der Waals surface area (Å²) in [5, 5.41) is 4.84. The molecule has 5 rings (SSSR count). The predicted molar refractivity (Wildman–Crippen MR) is 133 cm³/mol. The Morgan fingerprint density at radius 1 is 1.07 bits per heavy atom. The minimum Gasteiger partial charge on any atom is -0.419 e. The molecule has 16 heteroatoms. The molecule has 7 nitrogen and oxygen atoms in total. The van der Waals surface area contributed by atoms with E-state index in [0.29, 0.717) is 16.7 Å². The molecule has 1 aliphatic heterocycles. The number of halogens is 8. The maximum Gasteiger partial charge on any atom is 0.416 e. The number of imidazole rings is 1. The first-order valence-electron chi connectivity index (χ1n) is 11.5. The number of anilines is 1. The van der Waals surface area contributed by atoms with Gasteiger partial charge in [-0.15, -0.1) is 0 Å². The second-order valence-corrected chi connectivity index (χ2v) is 9.51. The summed E-state index contributed by atoms with van der Waals surface area (Å²) >= 11 is 6.26. The molecule has 4 aromatic rings. The van der Waals surface area contributed by atoms with Crippen molar-refractivity contribution in [2.24, 2.45) is 7.05 Å². The first kappa shape index (κ1) is 29.6. The zero-order valence-corrected chi connectivity index (χ0v) is 28.3. The van der Waals surface area contributed by atoms with Crippen molar-refractivity contribution in [3.63, 3.8) is 0 Å². The Hall–Kier alpha value is -5.33. The number of amides is 2. The molecule has 1 aromatic heterocycles. The third-order valence-corrected chi connectivity index (χ3v) is 6.88. The average molecular weight is 867 g/mol. The minimum atomic E-state index is -4.99. The first-order chi connectivity index (χ1) is 19.2. The third kappa shape index (κ3) is 4.89. The molecule has 1 aliphatic rings. The van der Waals surface area contributed by atoms with Gasteiger partial charge in [0.05, 0.1) is 28.2 Å². The van der Waals surface area contributed by atoms with Gasteiger partial charge in [0.2, 0.25) is 0 Å². The van der Waals surface area contributed by atoms with Crippen molar-refractivity contribution >= 4 is 40.1 Å². The molecule has 0 saturated carbocycles. The number of alkyl halides is 3. The van der Waals surface area contributed by atoms with E-state index in [2.05, 4.69) is 10.6 Å². The summed E-state index contributed by atoms with van der Waals surface area (Å²) in [6.45, 7) is -1.16. The zero-order chi connectivity index (χ0) is 30.0. The van der Waals surface area contributed by atoms with Gasteiger partial charge in [0.1, 0.15) is 11.6 Å². The second-order valence-electron chi connectivity index (χ2n) is 9.10. The average Bonchev–Trinajstić information content (AvgIpc) is 3.34. The molecule has 1 unspecified atom stereocenters. The molecule has 0 fully saturated rings. The summed E-state index contributed by atoms with van der Waals surface area (Å²) in [5.41, 5.74) is -4.10. The van der Waals surface area contributed by atoms with Crippen molar-refractivity contribution in [2.75, 3.05) is 5.32 Å². The Labute approximate surface area is 230 Å². The van der Waals surface area contributed by atoms with Crippen LogP contribution in [0.25, 0.3) is 11.0 Å². The van der Waals surface area contributed by atoms with Crippen LogP contribution in [0, 0.1) is 18.1 Å². The van der Waals surface area contributed by atoms with Crippen molar-refractivity contribution in [1.29, 1.82) is 0 Å². The fourth-order valence-electron chi connectivity index (χ4n) is 4.83. The molecule has 0 radical (unpaired) electrons. The maximum atomic E-state index is 14.2. The second kappa shape index (κ2) is 10.3. The van der Waals surface area contributed by atoms with E-state index in [-0.39, 0.29) is 44.5 Å².